The molecule has 1 heterocycles. The number of rotatable bonds is 4. The van der Waals surface area contributed by atoms with Crippen LogP contribution in [0.2, 0.25) is 5.02 Å². The molecule has 138 valence electrons. The minimum atomic E-state index is -4.83. The zero-order valence-electron chi connectivity index (χ0n) is 13.5. The molecule has 0 aliphatic heterocycles. The van der Waals surface area contributed by atoms with E-state index in [0.717, 1.165) is 12.4 Å². The van der Waals surface area contributed by atoms with Gasteiger partial charge in [0, 0.05) is 10.6 Å². The molecule has 0 radical (unpaired) electrons. The van der Waals surface area contributed by atoms with E-state index in [1.807, 2.05) is 0 Å². The number of carbonyl (C=O) groups excluding carboxylic acids is 1. The lowest BCUT2D eigenvalue weighted by molar-refractivity contribution is -0.143. The van der Waals surface area contributed by atoms with E-state index >= 15 is 0 Å². The van der Waals surface area contributed by atoms with E-state index < -0.39 is 23.4 Å². The number of hydrogen-bond donors (Lipinski definition) is 0. The Bertz CT molecular complexity index is 985. The highest BCUT2D eigenvalue weighted by Crippen LogP contribution is 2.34. The maximum atomic E-state index is 13.5. The number of para-hydroxylation sites is 1. The second-order valence-corrected chi connectivity index (χ2v) is 5.69. The third-order valence-corrected chi connectivity index (χ3v) is 3.84. The predicted molar refractivity (Wildman–Crippen MR) is 93.0 cm³/mol. The largest absolute Gasteiger partial charge is 0.434 e. The zero-order chi connectivity index (χ0) is 19.4. The van der Waals surface area contributed by atoms with Gasteiger partial charge in [-0.2, -0.15) is 18.3 Å². The van der Waals surface area contributed by atoms with Gasteiger partial charge in [0.2, 0.25) is 0 Å². The lowest BCUT2D eigenvalue weighted by atomic mass is 10.2. The van der Waals surface area contributed by atoms with E-state index in [2.05, 4.69) is 15.1 Å². The Morgan fingerprint density at radius 2 is 1.78 bits per heavy atom. The fourth-order valence-corrected chi connectivity index (χ4v) is 2.48. The summed E-state index contributed by atoms with van der Waals surface area (Å²) in [4.78, 5) is 16.7. The van der Waals surface area contributed by atoms with Gasteiger partial charge in [0.05, 0.1) is 18.1 Å². The van der Waals surface area contributed by atoms with E-state index in [1.165, 1.54) is 12.1 Å². The molecule has 0 saturated heterocycles. The van der Waals surface area contributed by atoms with Crippen molar-refractivity contribution in [1.29, 1.82) is 0 Å². The van der Waals surface area contributed by atoms with Crippen LogP contribution in [0, 0.1) is 0 Å². The van der Waals surface area contributed by atoms with Crippen molar-refractivity contribution in [2.45, 2.75) is 6.18 Å². The summed E-state index contributed by atoms with van der Waals surface area (Å²) in [5.41, 5.74) is -1.39. The summed E-state index contributed by atoms with van der Waals surface area (Å²) >= 11 is 5.92. The van der Waals surface area contributed by atoms with Crippen LogP contribution in [0.3, 0.4) is 0 Å². The van der Waals surface area contributed by atoms with Crippen LogP contribution in [-0.4, -0.2) is 22.0 Å². The molecule has 2 aromatic carbocycles. The van der Waals surface area contributed by atoms with Crippen LogP contribution in [0.15, 0.2) is 65.9 Å². The molecule has 0 spiro atoms. The second kappa shape index (κ2) is 7.63. The van der Waals surface area contributed by atoms with Gasteiger partial charge in [0.1, 0.15) is 5.56 Å². The summed E-state index contributed by atoms with van der Waals surface area (Å²) in [7, 11) is 0. The summed E-state index contributed by atoms with van der Waals surface area (Å²) in [6.45, 7) is 0. The molecule has 0 atom stereocenters. The molecule has 0 unspecified atom stereocenters. The Kier molecular flexibility index (Phi) is 5.27. The van der Waals surface area contributed by atoms with Crippen LogP contribution >= 0.6 is 11.6 Å². The van der Waals surface area contributed by atoms with Crippen LogP contribution in [0.1, 0.15) is 21.6 Å². The number of nitrogens with zero attached hydrogens (tertiary/aromatic N) is 3. The summed E-state index contributed by atoms with van der Waals surface area (Å²) in [5.74, 6) is -1.28. The van der Waals surface area contributed by atoms with Gasteiger partial charge >= 0.3 is 12.1 Å². The van der Waals surface area contributed by atoms with Gasteiger partial charge < -0.3 is 4.84 Å². The van der Waals surface area contributed by atoms with Crippen molar-refractivity contribution in [2.24, 2.45) is 5.16 Å². The molecular formula is C18H11ClF3N3O2. The Morgan fingerprint density at radius 3 is 2.44 bits per heavy atom. The van der Waals surface area contributed by atoms with Crippen molar-refractivity contribution in [2.75, 3.05) is 0 Å². The Labute approximate surface area is 156 Å². The Balaban J connectivity index is 1.89. The predicted octanol–water partition coefficient (Wildman–Crippen LogP) is 4.74. The molecular weight excluding hydrogens is 383 g/mol. The first-order valence-corrected chi connectivity index (χ1v) is 7.95. The monoisotopic (exact) mass is 393 g/mol. The number of benzene rings is 2. The molecule has 0 aliphatic carbocycles. The lowest BCUT2D eigenvalue weighted by Crippen LogP contribution is -2.17. The minimum Gasteiger partial charge on any atom is -0.313 e. The highest BCUT2D eigenvalue weighted by molar-refractivity contribution is 6.33. The van der Waals surface area contributed by atoms with E-state index in [0.29, 0.717) is 15.3 Å². The molecule has 0 bridgehead atoms. The number of oxime groups is 1. The molecule has 5 nitrogen and oxygen atoms in total. The van der Waals surface area contributed by atoms with E-state index in [-0.39, 0.29) is 5.69 Å². The first-order valence-electron chi connectivity index (χ1n) is 7.58. The topological polar surface area (TPSA) is 56.5 Å². The van der Waals surface area contributed by atoms with Gasteiger partial charge in [0.15, 0.2) is 5.69 Å². The summed E-state index contributed by atoms with van der Waals surface area (Å²) < 4.78 is 41.1. The van der Waals surface area contributed by atoms with Crippen LogP contribution in [0.25, 0.3) is 5.69 Å². The maximum absolute atomic E-state index is 13.5. The van der Waals surface area contributed by atoms with Gasteiger partial charge in [-0.25, -0.2) is 9.48 Å². The highest BCUT2D eigenvalue weighted by atomic mass is 35.5. The Hall–Kier alpha value is -3.13. The van der Waals surface area contributed by atoms with Crippen molar-refractivity contribution in [3.8, 4) is 5.69 Å². The molecule has 27 heavy (non-hydrogen) atoms. The van der Waals surface area contributed by atoms with Crippen molar-refractivity contribution >= 4 is 23.8 Å². The molecule has 3 rings (SSSR count). The summed E-state index contributed by atoms with van der Waals surface area (Å²) in [6, 6.07) is 14.2. The Morgan fingerprint density at radius 1 is 1.11 bits per heavy atom. The smallest absolute Gasteiger partial charge is 0.313 e. The van der Waals surface area contributed by atoms with Crippen LogP contribution in [0.4, 0.5) is 13.2 Å². The molecule has 0 N–H and O–H groups in total. The average Bonchev–Trinajstić information content (AvgIpc) is 3.10. The van der Waals surface area contributed by atoms with E-state index in [1.54, 1.807) is 42.5 Å². The molecule has 0 aliphatic rings. The molecule has 0 fully saturated rings. The van der Waals surface area contributed by atoms with Gasteiger partial charge in [-0.3, -0.25) is 0 Å². The number of halogens is 4. The minimum absolute atomic E-state index is 0.156. The summed E-state index contributed by atoms with van der Waals surface area (Å²) in [5, 5.41) is 7.45. The average molecular weight is 394 g/mol. The quantitative estimate of drug-likeness (QED) is 0.365. The first kappa shape index (κ1) is 18.7. The van der Waals surface area contributed by atoms with E-state index in [9.17, 15) is 18.0 Å². The second-order valence-electron chi connectivity index (χ2n) is 5.29. The number of aromatic nitrogens is 2. The van der Waals surface area contributed by atoms with Crippen LogP contribution in [-0.2, 0) is 11.0 Å². The number of alkyl halides is 3. The fraction of sp³-hybridized carbons (Fsp3) is 0.0556. The van der Waals surface area contributed by atoms with Crippen molar-refractivity contribution in [3.63, 3.8) is 0 Å². The van der Waals surface area contributed by atoms with Gasteiger partial charge in [0.25, 0.3) is 0 Å². The SMILES string of the molecule is O=C(O/N=C/c1ccccc1Cl)c1cnn(-c2ccccc2)c1C(F)(F)F. The van der Waals surface area contributed by atoms with Crippen molar-refractivity contribution in [1.82, 2.24) is 9.78 Å². The number of hydrogen-bond acceptors (Lipinski definition) is 4. The lowest BCUT2D eigenvalue weighted by Gasteiger charge is -2.11. The molecule has 1 aromatic heterocycles. The van der Waals surface area contributed by atoms with Crippen molar-refractivity contribution in [3.05, 3.63) is 82.6 Å². The maximum Gasteiger partial charge on any atom is 0.434 e. The van der Waals surface area contributed by atoms with Gasteiger partial charge in [-0.1, -0.05) is 53.2 Å². The fourth-order valence-electron chi connectivity index (χ4n) is 2.30. The van der Waals surface area contributed by atoms with Crippen LogP contribution in [0.5, 0.6) is 0 Å². The molecule has 3 aromatic rings. The standard InChI is InChI=1S/C18H11ClF3N3O2/c19-15-9-5-4-6-12(15)10-24-27-17(26)14-11-23-25(16(14)18(20,21)22)13-7-2-1-3-8-13/h1-11H/b24-10+. The molecule has 0 amide bonds. The van der Waals surface area contributed by atoms with Gasteiger partial charge in [-0.15, -0.1) is 0 Å². The third-order valence-electron chi connectivity index (χ3n) is 3.49. The zero-order valence-corrected chi connectivity index (χ0v) is 14.3. The molecule has 9 heteroatoms. The first-order chi connectivity index (χ1) is 12.9. The van der Waals surface area contributed by atoms with Crippen LogP contribution < -0.4 is 0 Å². The van der Waals surface area contributed by atoms with Gasteiger partial charge in [-0.05, 0) is 18.2 Å². The number of carbonyl (C=O) groups is 1. The third kappa shape index (κ3) is 4.17. The molecule has 0 saturated carbocycles. The highest BCUT2D eigenvalue weighted by Gasteiger charge is 2.41. The van der Waals surface area contributed by atoms with Crippen molar-refractivity contribution < 1.29 is 22.8 Å². The summed E-state index contributed by atoms with van der Waals surface area (Å²) in [6.07, 6.45) is -2.90. The normalized spacial score (nSPS) is 11.7. The van der Waals surface area contributed by atoms with E-state index in [4.69, 9.17) is 11.6 Å².